The Hall–Kier alpha value is -3.82. The van der Waals surface area contributed by atoms with Gasteiger partial charge in [0.15, 0.2) is 0 Å². The fraction of sp³-hybridized carbons (Fsp3) is 0.158. The lowest BCUT2D eigenvalue weighted by Crippen LogP contribution is -2.11. The van der Waals surface area contributed by atoms with Gasteiger partial charge in [0.05, 0.1) is 11.0 Å². The Bertz CT molecular complexity index is 1150. The smallest absolute Gasteiger partial charge is 0.387 e. The first kappa shape index (κ1) is 18.5. The van der Waals surface area contributed by atoms with E-state index in [-0.39, 0.29) is 17.6 Å². The molecule has 0 atom stereocenters. The first-order valence-corrected chi connectivity index (χ1v) is 8.83. The van der Waals surface area contributed by atoms with Crippen LogP contribution in [0.1, 0.15) is 12.7 Å². The average molecular weight is 397 g/mol. The number of nitrogens with zero attached hydrogens (tertiary/aromatic N) is 5. The van der Waals surface area contributed by atoms with Crippen molar-refractivity contribution in [2.45, 2.75) is 20.0 Å². The molecule has 3 N–H and O–H groups in total. The van der Waals surface area contributed by atoms with Gasteiger partial charge in [-0.25, -0.2) is 4.98 Å². The van der Waals surface area contributed by atoms with Crippen LogP contribution in [0, 0.1) is 0 Å². The van der Waals surface area contributed by atoms with Crippen molar-refractivity contribution in [1.82, 2.24) is 24.5 Å². The van der Waals surface area contributed by atoms with Gasteiger partial charge in [-0.05, 0) is 36.4 Å². The van der Waals surface area contributed by atoms with Crippen molar-refractivity contribution in [3.63, 3.8) is 0 Å². The summed E-state index contributed by atoms with van der Waals surface area (Å²) in [5.41, 5.74) is 8.15. The molecule has 0 aliphatic carbocycles. The van der Waals surface area contributed by atoms with E-state index in [0.717, 1.165) is 16.9 Å². The molecule has 0 unspecified atom stereocenters. The van der Waals surface area contributed by atoms with Crippen LogP contribution in [0.25, 0.3) is 17.0 Å². The molecular formula is C19H17F2N7O. The van der Waals surface area contributed by atoms with Gasteiger partial charge in [-0.1, -0.05) is 19.1 Å². The Morgan fingerprint density at radius 1 is 1.03 bits per heavy atom. The van der Waals surface area contributed by atoms with E-state index >= 15 is 0 Å². The molecule has 0 saturated heterocycles. The number of imidazole rings is 1. The highest BCUT2D eigenvalue weighted by molar-refractivity contribution is 5.77. The summed E-state index contributed by atoms with van der Waals surface area (Å²) in [6.45, 7) is -0.887. The zero-order chi connectivity index (χ0) is 20.4. The molecule has 2 heterocycles. The van der Waals surface area contributed by atoms with Crippen LogP contribution in [-0.4, -0.2) is 31.1 Å². The largest absolute Gasteiger partial charge is 0.435 e. The number of nitrogen functional groups attached to an aromatic ring is 1. The summed E-state index contributed by atoms with van der Waals surface area (Å²) in [4.78, 5) is 17.4. The Kier molecular flexibility index (Phi) is 4.90. The Labute approximate surface area is 164 Å². The molecule has 2 aromatic carbocycles. The number of para-hydroxylation sites is 2. The van der Waals surface area contributed by atoms with Crippen LogP contribution in [0.15, 0.2) is 48.5 Å². The van der Waals surface area contributed by atoms with Crippen LogP contribution in [0.3, 0.4) is 0 Å². The van der Waals surface area contributed by atoms with Crippen molar-refractivity contribution < 1.29 is 13.5 Å². The van der Waals surface area contributed by atoms with Crippen LogP contribution in [-0.2, 0) is 6.42 Å². The fourth-order valence-corrected chi connectivity index (χ4v) is 2.92. The maximum atomic E-state index is 12.3. The van der Waals surface area contributed by atoms with Crippen LogP contribution in [0.4, 0.5) is 26.4 Å². The number of aryl methyl sites for hydroxylation is 1. The maximum Gasteiger partial charge on any atom is 0.387 e. The Morgan fingerprint density at radius 2 is 1.79 bits per heavy atom. The third-order valence-electron chi connectivity index (χ3n) is 4.12. The molecule has 0 spiro atoms. The predicted molar refractivity (Wildman–Crippen MR) is 105 cm³/mol. The number of rotatable bonds is 6. The van der Waals surface area contributed by atoms with Crippen molar-refractivity contribution in [2.24, 2.45) is 0 Å². The van der Waals surface area contributed by atoms with Gasteiger partial charge in [0.1, 0.15) is 11.6 Å². The average Bonchev–Trinajstić information content (AvgIpc) is 3.07. The van der Waals surface area contributed by atoms with Gasteiger partial charge in [-0.15, -0.1) is 0 Å². The number of nitrogens with one attached hydrogen (secondary N) is 1. The summed E-state index contributed by atoms with van der Waals surface area (Å²) in [5.74, 6) is 1.43. The predicted octanol–water partition coefficient (Wildman–Crippen LogP) is 3.70. The molecule has 148 valence electrons. The molecule has 0 fully saturated rings. The molecule has 8 nitrogen and oxygen atoms in total. The SMILES string of the molecule is CCc1nc2ccccc2n1-c1nc(N)nc(Nc2ccc(OC(F)F)cc2)n1. The van der Waals surface area contributed by atoms with E-state index in [9.17, 15) is 8.78 Å². The number of hydrogen-bond donors (Lipinski definition) is 2. The summed E-state index contributed by atoms with van der Waals surface area (Å²) in [6, 6.07) is 13.6. The number of halogens is 2. The summed E-state index contributed by atoms with van der Waals surface area (Å²) >= 11 is 0. The highest BCUT2D eigenvalue weighted by Crippen LogP contribution is 2.23. The van der Waals surface area contributed by atoms with Gasteiger partial charge in [0, 0.05) is 12.1 Å². The second kappa shape index (κ2) is 7.66. The molecule has 0 aliphatic rings. The first-order chi connectivity index (χ1) is 14.0. The number of hydrogen-bond acceptors (Lipinski definition) is 7. The summed E-state index contributed by atoms with van der Waals surface area (Å²) in [5, 5.41) is 2.99. The van der Waals surface area contributed by atoms with Crippen LogP contribution < -0.4 is 15.8 Å². The number of aromatic nitrogens is 5. The molecule has 0 amide bonds. The van der Waals surface area contributed by atoms with E-state index in [4.69, 9.17) is 5.73 Å². The Morgan fingerprint density at radius 3 is 2.52 bits per heavy atom. The normalized spacial score (nSPS) is 11.2. The van der Waals surface area contributed by atoms with E-state index in [0.29, 0.717) is 18.1 Å². The van der Waals surface area contributed by atoms with Crippen LogP contribution in [0.5, 0.6) is 5.75 Å². The fourth-order valence-electron chi connectivity index (χ4n) is 2.92. The first-order valence-electron chi connectivity index (χ1n) is 8.83. The van der Waals surface area contributed by atoms with Gasteiger partial charge in [-0.2, -0.15) is 23.7 Å². The minimum Gasteiger partial charge on any atom is -0.435 e. The van der Waals surface area contributed by atoms with Crippen molar-refractivity contribution in [2.75, 3.05) is 11.1 Å². The van der Waals surface area contributed by atoms with Crippen molar-refractivity contribution >= 4 is 28.6 Å². The topological polar surface area (TPSA) is 104 Å². The zero-order valence-electron chi connectivity index (χ0n) is 15.4. The molecule has 0 aliphatic heterocycles. The number of nitrogens with two attached hydrogens (primary N) is 1. The summed E-state index contributed by atoms with van der Waals surface area (Å²) in [7, 11) is 0. The lowest BCUT2D eigenvalue weighted by atomic mass is 10.3. The Balaban J connectivity index is 1.69. The van der Waals surface area contributed by atoms with E-state index in [1.54, 1.807) is 12.1 Å². The molecule has 10 heteroatoms. The molecule has 0 radical (unpaired) electrons. The van der Waals surface area contributed by atoms with E-state index in [1.807, 2.05) is 35.8 Å². The number of benzene rings is 2. The highest BCUT2D eigenvalue weighted by atomic mass is 19.3. The molecule has 2 aromatic heterocycles. The summed E-state index contributed by atoms with van der Waals surface area (Å²) in [6.07, 6.45) is 0.675. The molecule has 4 rings (SSSR count). The second-order valence-electron chi connectivity index (χ2n) is 6.05. The third kappa shape index (κ3) is 3.91. The van der Waals surface area contributed by atoms with Gasteiger partial charge >= 0.3 is 6.61 Å². The molecule has 0 bridgehead atoms. The van der Waals surface area contributed by atoms with Gasteiger partial charge in [0.25, 0.3) is 0 Å². The van der Waals surface area contributed by atoms with Gasteiger partial charge in [-0.3, -0.25) is 4.57 Å². The zero-order valence-corrected chi connectivity index (χ0v) is 15.4. The minimum atomic E-state index is -2.88. The van der Waals surface area contributed by atoms with E-state index < -0.39 is 6.61 Å². The quantitative estimate of drug-likeness (QED) is 0.511. The molecule has 29 heavy (non-hydrogen) atoms. The van der Waals surface area contributed by atoms with E-state index in [1.165, 1.54) is 12.1 Å². The van der Waals surface area contributed by atoms with Gasteiger partial charge < -0.3 is 15.8 Å². The van der Waals surface area contributed by atoms with Crippen LogP contribution >= 0.6 is 0 Å². The second-order valence-corrected chi connectivity index (χ2v) is 6.05. The van der Waals surface area contributed by atoms with Crippen molar-refractivity contribution in [3.8, 4) is 11.7 Å². The monoisotopic (exact) mass is 397 g/mol. The lowest BCUT2D eigenvalue weighted by Gasteiger charge is -2.10. The van der Waals surface area contributed by atoms with Crippen molar-refractivity contribution in [1.29, 1.82) is 0 Å². The standard InChI is InChI=1S/C19H17F2N7O/c1-2-15-24-13-5-3-4-6-14(13)28(15)19-26-17(22)25-18(27-19)23-11-7-9-12(10-8-11)29-16(20)21/h3-10,16H,2H2,1H3,(H3,22,23,25,26,27). The van der Waals surface area contributed by atoms with Gasteiger partial charge in [0.2, 0.25) is 17.8 Å². The number of ether oxygens (including phenoxy) is 1. The maximum absolute atomic E-state index is 12.3. The van der Waals surface area contributed by atoms with Crippen molar-refractivity contribution in [3.05, 3.63) is 54.4 Å². The summed E-state index contributed by atoms with van der Waals surface area (Å²) < 4.78 is 30.7. The molecule has 4 aromatic rings. The van der Waals surface area contributed by atoms with Crippen LogP contribution in [0.2, 0.25) is 0 Å². The number of anilines is 3. The highest BCUT2D eigenvalue weighted by Gasteiger charge is 2.15. The lowest BCUT2D eigenvalue weighted by molar-refractivity contribution is -0.0498. The van der Waals surface area contributed by atoms with E-state index in [2.05, 4.69) is 30.0 Å². The number of fused-ring (bicyclic) bond motifs is 1. The number of alkyl halides is 2. The molecule has 0 saturated carbocycles. The molecular weight excluding hydrogens is 380 g/mol. The minimum absolute atomic E-state index is 0.0370. The third-order valence-corrected chi connectivity index (χ3v) is 4.12.